The molecule has 0 radical (unpaired) electrons. The van der Waals surface area contributed by atoms with Crippen molar-refractivity contribution in [1.82, 2.24) is 4.98 Å². The second kappa shape index (κ2) is 4.89. The highest BCUT2D eigenvalue weighted by molar-refractivity contribution is 7.13. The van der Waals surface area contributed by atoms with Gasteiger partial charge in [0.25, 0.3) is 5.91 Å². The Hall–Kier alpha value is -1.69. The van der Waals surface area contributed by atoms with Crippen LogP contribution in [0.25, 0.3) is 0 Å². The van der Waals surface area contributed by atoms with Gasteiger partial charge in [-0.25, -0.2) is 9.78 Å². The van der Waals surface area contributed by atoms with Crippen LogP contribution in [0.15, 0.2) is 16.5 Å². The maximum atomic E-state index is 11.6. The number of hydrogen-bond acceptors (Lipinski definition) is 4. The second-order valence-corrected chi connectivity index (χ2v) is 4.16. The number of carboxylic acids is 1. The van der Waals surface area contributed by atoms with Crippen LogP contribution in [0.1, 0.15) is 19.5 Å². The number of carbonyl (C=O) groups is 2. The number of thiazole rings is 1. The van der Waals surface area contributed by atoms with Gasteiger partial charge in [0.05, 0.1) is 5.69 Å². The van der Waals surface area contributed by atoms with Crippen molar-refractivity contribution >= 4 is 28.3 Å². The summed E-state index contributed by atoms with van der Waals surface area (Å²) in [7, 11) is 0. The molecule has 1 aromatic heterocycles. The highest BCUT2D eigenvalue weighted by atomic mass is 32.1. The third-order valence-electron chi connectivity index (χ3n) is 2.06. The van der Waals surface area contributed by atoms with Crippen molar-refractivity contribution in [3.05, 3.63) is 22.2 Å². The van der Waals surface area contributed by atoms with E-state index >= 15 is 0 Å². The summed E-state index contributed by atoms with van der Waals surface area (Å²) in [6, 6.07) is 0. The standard InChI is InChI=1S/C10H12N2O3S/c1-5-4-16-10(11-5)12-8(13)6(2)7(3)9(14)15/h4H,1-3H3,(H,14,15)(H,11,12,13). The van der Waals surface area contributed by atoms with E-state index in [1.807, 2.05) is 6.92 Å². The summed E-state index contributed by atoms with van der Waals surface area (Å²) >= 11 is 1.30. The summed E-state index contributed by atoms with van der Waals surface area (Å²) in [5, 5.41) is 13.5. The van der Waals surface area contributed by atoms with Crippen LogP contribution in [-0.4, -0.2) is 22.0 Å². The molecule has 86 valence electrons. The number of nitrogens with one attached hydrogen (secondary N) is 1. The summed E-state index contributed by atoms with van der Waals surface area (Å²) in [6.45, 7) is 4.68. The predicted molar refractivity (Wildman–Crippen MR) is 61.5 cm³/mol. The zero-order chi connectivity index (χ0) is 12.3. The average molecular weight is 240 g/mol. The number of hydrogen-bond donors (Lipinski definition) is 2. The molecule has 0 fully saturated rings. The number of rotatable bonds is 3. The lowest BCUT2D eigenvalue weighted by atomic mass is 10.1. The van der Waals surface area contributed by atoms with E-state index in [9.17, 15) is 9.59 Å². The molecule has 5 nitrogen and oxygen atoms in total. The average Bonchev–Trinajstić information content (AvgIpc) is 2.61. The number of aliphatic carboxylic acids is 1. The summed E-state index contributed by atoms with van der Waals surface area (Å²) in [6.07, 6.45) is 0. The molecule has 6 heteroatoms. The Kier molecular flexibility index (Phi) is 3.78. The van der Waals surface area contributed by atoms with Crippen molar-refractivity contribution in [3.8, 4) is 0 Å². The highest BCUT2D eigenvalue weighted by Crippen LogP contribution is 2.16. The minimum Gasteiger partial charge on any atom is -0.478 e. The van der Waals surface area contributed by atoms with Gasteiger partial charge in [0.15, 0.2) is 5.13 Å². The van der Waals surface area contributed by atoms with E-state index in [-0.39, 0.29) is 11.1 Å². The Morgan fingerprint density at radius 3 is 2.44 bits per heavy atom. The van der Waals surface area contributed by atoms with Crippen LogP contribution in [0.4, 0.5) is 5.13 Å². The predicted octanol–water partition coefficient (Wildman–Crippen LogP) is 1.81. The Labute approximate surface area is 96.8 Å². The molecule has 0 saturated carbocycles. The minimum atomic E-state index is -1.09. The Morgan fingerprint density at radius 2 is 2.00 bits per heavy atom. The van der Waals surface area contributed by atoms with Crippen LogP contribution in [0.3, 0.4) is 0 Å². The smallest absolute Gasteiger partial charge is 0.331 e. The number of amides is 1. The van der Waals surface area contributed by atoms with Crippen molar-refractivity contribution < 1.29 is 14.7 Å². The molecule has 1 amide bonds. The monoisotopic (exact) mass is 240 g/mol. The van der Waals surface area contributed by atoms with Crippen LogP contribution in [-0.2, 0) is 9.59 Å². The van der Waals surface area contributed by atoms with Crippen molar-refractivity contribution in [2.24, 2.45) is 0 Å². The molecule has 1 aromatic rings. The molecule has 0 aromatic carbocycles. The molecule has 0 saturated heterocycles. The highest BCUT2D eigenvalue weighted by Gasteiger charge is 2.13. The van der Waals surface area contributed by atoms with Gasteiger partial charge in [-0.15, -0.1) is 11.3 Å². The number of aryl methyl sites for hydroxylation is 1. The van der Waals surface area contributed by atoms with Crippen LogP contribution < -0.4 is 5.32 Å². The fraction of sp³-hybridized carbons (Fsp3) is 0.300. The van der Waals surface area contributed by atoms with E-state index in [1.165, 1.54) is 25.2 Å². The van der Waals surface area contributed by atoms with Crippen LogP contribution in [0, 0.1) is 6.92 Å². The first-order valence-electron chi connectivity index (χ1n) is 4.56. The van der Waals surface area contributed by atoms with Crippen molar-refractivity contribution in [2.75, 3.05) is 5.32 Å². The zero-order valence-electron chi connectivity index (χ0n) is 9.20. The first-order chi connectivity index (χ1) is 7.41. The van der Waals surface area contributed by atoms with Crippen LogP contribution in [0.5, 0.6) is 0 Å². The molecule has 0 bridgehead atoms. The maximum Gasteiger partial charge on any atom is 0.331 e. The normalized spacial score (nSPS) is 11.9. The summed E-state index contributed by atoms with van der Waals surface area (Å²) in [4.78, 5) is 26.3. The SMILES string of the molecule is CC(C(=O)O)=C(C)C(=O)Nc1nc(C)cs1. The van der Waals surface area contributed by atoms with Gasteiger partial charge in [0.2, 0.25) is 0 Å². The molecule has 0 unspecified atom stereocenters. The zero-order valence-corrected chi connectivity index (χ0v) is 10.0. The molecule has 1 heterocycles. The lowest BCUT2D eigenvalue weighted by Gasteiger charge is -2.03. The lowest BCUT2D eigenvalue weighted by Crippen LogP contribution is -2.16. The van der Waals surface area contributed by atoms with Gasteiger partial charge in [-0.05, 0) is 20.8 Å². The van der Waals surface area contributed by atoms with E-state index in [4.69, 9.17) is 5.11 Å². The van der Waals surface area contributed by atoms with Gasteiger partial charge in [-0.1, -0.05) is 0 Å². The van der Waals surface area contributed by atoms with Crippen molar-refractivity contribution in [3.63, 3.8) is 0 Å². The molecule has 0 aliphatic heterocycles. The Morgan fingerprint density at radius 1 is 1.38 bits per heavy atom. The van der Waals surface area contributed by atoms with Crippen molar-refractivity contribution in [2.45, 2.75) is 20.8 Å². The summed E-state index contributed by atoms with van der Waals surface area (Å²) in [5.41, 5.74) is 1.03. The largest absolute Gasteiger partial charge is 0.478 e. The van der Waals surface area contributed by atoms with Crippen LogP contribution in [0.2, 0.25) is 0 Å². The van der Waals surface area contributed by atoms with Crippen LogP contribution >= 0.6 is 11.3 Å². The lowest BCUT2D eigenvalue weighted by molar-refractivity contribution is -0.133. The van der Waals surface area contributed by atoms with E-state index in [2.05, 4.69) is 10.3 Å². The van der Waals surface area contributed by atoms with Gasteiger partial charge < -0.3 is 5.11 Å². The third-order valence-corrected chi connectivity index (χ3v) is 2.94. The fourth-order valence-corrected chi connectivity index (χ4v) is 1.62. The molecule has 16 heavy (non-hydrogen) atoms. The van der Waals surface area contributed by atoms with E-state index in [0.717, 1.165) is 5.69 Å². The minimum absolute atomic E-state index is 0.0331. The third kappa shape index (κ3) is 2.90. The van der Waals surface area contributed by atoms with E-state index in [1.54, 1.807) is 5.38 Å². The molecular formula is C10H12N2O3S. The molecule has 1 rings (SSSR count). The molecule has 0 spiro atoms. The van der Waals surface area contributed by atoms with Crippen molar-refractivity contribution in [1.29, 1.82) is 0 Å². The Balaban J connectivity index is 2.81. The quantitative estimate of drug-likeness (QED) is 0.790. The topological polar surface area (TPSA) is 79.3 Å². The number of carboxylic acid groups (broad SMARTS) is 1. The second-order valence-electron chi connectivity index (χ2n) is 3.30. The number of aromatic nitrogens is 1. The first kappa shape index (κ1) is 12.4. The van der Waals surface area contributed by atoms with Gasteiger partial charge >= 0.3 is 5.97 Å². The van der Waals surface area contributed by atoms with E-state index < -0.39 is 11.9 Å². The van der Waals surface area contributed by atoms with Gasteiger partial charge in [-0.3, -0.25) is 10.1 Å². The number of anilines is 1. The summed E-state index contributed by atoms with van der Waals surface area (Å²) < 4.78 is 0. The van der Waals surface area contributed by atoms with Gasteiger partial charge in [-0.2, -0.15) is 0 Å². The molecule has 0 atom stereocenters. The first-order valence-corrected chi connectivity index (χ1v) is 5.44. The maximum absolute atomic E-state index is 11.6. The molecule has 2 N–H and O–H groups in total. The molecular weight excluding hydrogens is 228 g/mol. The molecule has 0 aliphatic rings. The number of nitrogens with zero attached hydrogens (tertiary/aromatic N) is 1. The fourth-order valence-electron chi connectivity index (χ4n) is 0.933. The van der Waals surface area contributed by atoms with E-state index in [0.29, 0.717) is 5.13 Å². The molecule has 0 aliphatic carbocycles. The van der Waals surface area contributed by atoms with Gasteiger partial charge in [0.1, 0.15) is 0 Å². The summed E-state index contributed by atoms with van der Waals surface area (Å²) in [5.74, 6) is -1.53. The van der Waals surface area contributed by atoms with Gasteiger partial charge in [0, 0.05) is 16.5 Å². The number of carbonyl (C=O) groups excluding carboxylic acids is 1. The Bertz CT molecular complexity index is 462.